The number of rotatable bonds is 6. The molecule has 0 spiro atoms. The van der Waals surface area contributed by atoms with Crippen molar-refractivity contribution in [1.29, 1.82) is 0 Å². The number of carbonyl (C=O) groups is 1. The van der Waals surface area contributed by atoms with E-state index in [4.69, 9.17) is 0 Å². The Bertz CT molecular complexity index is 660. The minimum Gasteiger partial charge on any atom is -0.381 e. The Morgan fingerprint density at radius 3 is 2.36 bits per heavy atom. The van der Waals surface area contributed by atoms with Crippen LogP contribution in [0.3, 0.4) is 0 Å². The molecule has 1 saturated carbocycles. The molecule has 1 aliphatic carbocycles. The molecule has 3 rings (SSSR count). The third-order valence-corrected chi connectivity index (χ3v) is 5.07. The molecule has 0 radical (unpaired) electrons. The number of anilines is 1. The van der Waals surface area contributed by atoms with Crippen molar-refractivity contribution in [2.24, 2.45) is 5.92 Å². The van der Waals surface area contributed by atoms with Gasteiger partial charge in [0.15, 0.2) is 0 Å². The molecule has 1 amide bonds. The molecule has 0 heterocycles. The van der Waals surface area contributed by atoms with Crippen LogP contribution >= 0.6 is 0 Å². The monoisotopic (exact) mass is 336 g/mol. The van der Waals surface area contributed by atoms with Gasteiger partial charge in [0.1, 0.15) is 0 Å². The van der Waals surface area contributed by atoms with Crippen LogP contribution < -0.4 is 5.32 Å². The lowest BCUT2D eigenvalue weighted by Gasteiger charge is -2.27. The van der Waals surface area contributed by atoms with Crippen molar-refractivity contribution in [1.82, 2.24) is 4.90 Å². The van der Waals surface area contributed by atoms with E-state index in [1.54, 1.807) is 0 Å². The zero-order chi connectivity index (χ0) is 17.5. The standard InChI is InChI=1S/C22H28N2O/c1-24(17-19-10-6-3-7-11-19)22(25)20-12-14-21(15-13-20)23-16-18-8-4-2-5-9-18/h2,4-5,8-9,12-15,19,23H,3,6-7,10-11,16-17H2,1H3. The normalized spacial score (nSPS) is 14.9. The van der Waals surface area contributed by atoms with Crippen molar-refractivity contribution >= 4 is 11.6 Å². The predicted octanol–water partition coefficient (Wildman–Crippen LogP) is 4.95. The van der Waals surface area contributed by atoms with Crippen LogP contribution in [0.4, 0.5) is 5.69 Å². The highest BCUT2D eigenvalue weighted by molar-refractivity contribution is 5.94. The van der Waals surface area contributed by atoms with Crippen LogP contribution in [0.25, 0.3) is 0 Å². The maximum atomic E-state index is 12.6. The lowest BCUT2D eigenvalue weighted by Crippen LogP contribution is -2.32. The SMILES string of the molecule is CN(CC1CCCCC1)C(=O)c1ccc(NCc2ccccc2)cc1. The first-order valence-electron chi connectivity index (χ1n) is 9.36. The second-order valence-electron chi connectivity index (χ2n) is 7.11. The molecule has 2 aromatic carbocycles. The van der Waals surface area contributed by atoms with Crippen molar-refractivity contribution in [2.45, 2.75) is 38.6 Å². The van der Waals surface area contributed by atoms with Crippen molar-refractivity contribution in [3.63, 3.8) is 0 Å². The Kier molecular flexibility index (Phi) is 6.10. The largest absolute Gasteiger partial charge is 0.381 e. The maximum Gasteiger partial charge on any atom is 0.253 e. The van der Waals surface area contributed by atoms with Crippen LogP contribution in [0.15, 0.2) is 54.6 Å². The maximum absolute atomic E-state index is 12.6. The van der Waals surface area contributed by atoms with Gasteiger partial charge >= 0.3 is 0 Å². The molecule has 0 bridgehead atoms. The molecule has 0 aliphatic heterocycles. The fourth-order valence-corrected chi connectivity index (χ4v) is 3.59. The molecule has 3 nitrogen and oxygen atoms in total. The Morgan fingerprint density at radius 2 is 1.68 bits per heavy atom. The number of hydrogen-bond donors (Lipinski definition) is 1. The highest BCUT2D eigenvalue weighted by Crippen LogP contribution is 2.24. The van der Waals surface area contributed by atoms with Gasteiger partial charge in [0.25, 0.3) is 5.91 Å². The van der Waals surface area contributed by atoms with Gasteiger partial charge in [-0.25, -0.2) is 0 Å². The molecule has 1 aliphatic rings. The summed E-state index contributed by atoms with van der Waals surface area (Å²) in [5, 5.41) is 3.40. The first-order valence-corrected chi connectivity index (χ1v) is 9.36. The highest BCUT2D eigenvalue weighted by Gasteiger charge is 2.19. The van der Waals surface area contributed by atoms with E-state index in [2.05, 4.69) is 17.4 Å². The average Bonchev–Trinajstić information content (AvgIpc) is 2.68. The van der Waals surface area contributed by atoms with Crippen LogP contribution in [0.5, 0.6) is 0 Å². The molecule has 0 atom stereocenters. The van der Waals surface area contributed by atoms with Crippen molar-refractivity contribution in [3.8, 4) is 0 Å². The van der Waals surface area contributed by atoms with Crippen molar-refractivity contribution in [3.05, 3.63) is 65.7 Å². The van der Waals surface area contributed by atoms with E-state index in [0.29, 0.717) is 5.92 Å². The molecule has 0 unspecified atom stereocenters. The fraction of sp³-hybridized carbons (Fsp3) is 0.409. The molecule has 3 heteroatoms. The lowest BCUT2D eigenvalue weighted by molar-refractivity contribution is 0.0760. The Labute approximate surface area is 151 Å². The number of nitrogens with zero attached hydrogens (tertiary/aromatic N) is 1. The number of hydrogen-bond acceptors (Lipinski definition) is 2. The van der Waals surface area contributed by atoms with E-state index in [1.165, 1.54) is 37.7 Å². The average molecular weight is 336 g/mol. The van der Waals surface area contributed by atoms with Gasteiger partial charge in [0.2, 0.25) is 0 Å². The Hall–Kier alpha value is -2.29. The summed E-state index contributed by atoms with van der Waals surface area (Å²) in [6.07, 6.45) is 6.51. The Morgan fingerprint density at radius 1 is 1.00 bits per heavy atom. The molecule has 1 N–H and O–H groups in total. The molecule has 0 aromatic heterocycles. The number of nitrogens with one attached hydrogen (secondary N) is 1. The predicted molar refractivity (Wildman–Crippen MR) is 104 cm³/mol. The lowest BCUT2D eigenvalue weighted by atomic mass is 9.89. The van der Waals surface area contributed by atoms with Gasteiger partial charge in [0.05, 0.1) is 0 Å². The quantitative estimate of drug-likeness (QED) is 0.809. The van der Waals surface area contributed by atoms with Gasteiger partial charge in [-0.2, -0.15) is 0 Å². The molecule has 132 valence electrons. The summed E-state index contributed by atoms with van der Waals surface area (Å²) in [5.74, 6) is 0.801. The van der Waals surface area contributed by atoms with Crippen LogP contribution in [-0.2, 0) is 6.54 Å². The van der Waals surface area contributed by atoms with Gasteiger partial charge in [-0.3, -0.25) is 4.79 Å². The minimum absolute atomic E-state index is 0.125. The number of amides is 1. The zero-order valence-electron chi connectivity index (χ0n) is 15.1. The summed E-state index contributed by atoms with van der Waals surface area (Å²) >= 11 is 0. The zero-order valence-corrected chi connectivity index (χ0v) is 15.1. The summed E-state index contributed by atoms with van der Waals surface area (Å²) in [4.78, 5) is 14.5. The number of benzene rings is 2. The fourth-order valence-electron chi connectivity index (χ4n) is 3.59. The van der Waals surface area contributed by atoms with Gasteiger partial charge < -0.3 is 10.2 Å². The van der Waals surface area contributed by atoms with E-state index < -0.39 is 0 Å². The van der Waals surface area contributed by atoms with Crippen molar-refractivity contribution < 1.29 is 4.79 Å². The third-order valence-electron chi connectivity index (χ3n) is 5.07. The van der Waals surface area contributed by atoms with E-state index in [-0.39, 0.29) is 5.91 Å². The smallest absolute Gasteiger partial charge is 0.253 e. The second-order valence-corrected chi connectivity index (χ2v) is 7.11. The summed E-state index contributed by atoms with van der Waals surface area (Å²) < 4.78 is 0. The van der Waals surface area contributed by atoms with Gasteiger partial charge in [-0.1, -0.05) is 49.6 Å². The first-order chi connectivity index (χ1) is 12.2. The molecule has 0 saturated heterocycles. The van der Waals surface area contributed by atoms with E-state index in [1.807, 2.05) is 54.4 Å². The van der Waals surface area contributed by atoms with E-state index in [9.17, 15) is 4.79 Å². The van der Waals surface area contributed by atoms with Gasteiger partial charge in [-0.15, -0.1) is 0 Å². The summed E-state index contributed by atoms with van der Waals surface area (Å²) in [7, 11) is 1.93. The van der Waals surface area contributed by atoms with Crippen LogP contribution in [0.2, 0.25) is 0 Å². The Balaban J connectivity index is 1.52. The van der Waals surface area contributed by atoms with Crippen molar-refractivity contribution in [2.75, 3.05) is 18.9 Å². The third kappa shape index (κ3) is 5.09. The summed E-state index contributed by atoms with van der Waals surface area (Å²) in [6.45, 7) is 1.67. The van der Waals surface area contributed by atoms with Gasteiger partial charge in [-0.05, 0) is 48.6 Å². The molecular formula is C22H28N2O. The topological polar surface area (TPSA) is 32.3 Å². The molecule has 2 aromatic rings. The van der Waals surface area contributed by atoms with E-state index >= 15 is 0 Å². The summed E-state index contributed by atoms with van der Waals surface area (Å²) in [5.41, 5.74) is 3.05. The second kappa shape index (κ2) is 8.70. The number of carbonyl (C=O) groups excluding carboxylic acids is 1. The van der Waals surface area contributed by atoms with Gasteiger partial charge in [0, 0.05) is 31.4 Å². The van der Waals surface area contributed by atoms with Crippen LogP contribution in [0, 0.1) is 5.92 Å². The van der Waals surface area contributed by atoms with Crippen LogP contribution in [-0.4, -0.2) is 24.4 Å². The van der Waals surface area contributed by atoms with Crippen LogP contribution in [0.1, 0.15) is 48.0 Å². The van der Waals surface area contributed by atoms with E-state index in [0.717, 1.165) is 24.3 Å². The molecular weight excluding hydrogens is 308 g/mol. The first kappa shape index (κ1) is 17.5. The highest BCUT2D eigenvalue weighted by atomic mass is 16.2. The molecule has 1 fully saturated rings. The minimum atomic E-state index is 0.125. The summed E-state index contributed by atoms with van der Waals surface area (Å²) in [6, 6.07) is 18.1. The molecule has 25 heavy (non-hydrogen) atoms.